The predicted molar refractivity (Wildman–Crippen MR) is 68.3 cm³/mol. The lowest BCUT2D eigenvalue weighted by Crippen LogP contribution is -2.47. The van der Waals surface area contributed by atoms with Crippen LogP contribution in [0.25, 0.3) is 0 Å². The second kappa shape index (κ2) is 4.68. The fourth-order valence-electron chi connectivity index (χ4n) is 3.20. The van der Waals surface area contributed by atoms with Crippen LogP contribution in [0, 0.1) is 0 Å². The normalized spacial score (nSPS) is 21.4. The smallest absolute Gasteiger partial charge is 0.325 e. The summed E-state index contributed by atoms with van der Waals surface area (Å²) in [6, 6.07) is -0.225. The molecule has 2 aliphatic rings. The molecule has 3 amide bonds. The summed E-state index contributed by atoms with van der Waals surface area (Å²) in [7, 11) is 0. The van der Waals surface area contributed by atoms with Crippen LogP contribution in [0.4, 0.5) is 4.79 Å². The Labute approximate surface area is 111 Å². The third kappa shape index (κ3) is 2.01. The van der Waals surface area contributed by atoms with Crippen molar-refractivity contribution in [3.63, 3.8) is 0 Å². The van der Waals surface area contributed by atoms with Crippen molar-refractivity contribution < 1.29 is 9.59 Å². The van der Waals surface area contributed by atoms with E-state index in [2.05, 4.69) is 10.3 Å². The molecule has 0 aromatic carbocycles. The van der Waals surface area contributed by atoms with Crippen LogP contribution < -0.4 is 5.32 Å². The molecular weight excluding hydrogens is 244 g/mol. The van der Waals surface area contributed by atoms with Crippen molar-refractivity contribution >= 4 is 11.9 Å². The molecule has 1 saturated carbocycles. The number of nitrogens with one attached hydrogen (secondary N) is 1. The standard InChI is InChI=1S/C13H18N4O2/c18-11-13(4-1-2-5-13)17(12(19)15-11)8-3-7-16-9-6-14-10-16/h6,9-10H,1-5,7-8H2,(H,15,18,19). The maximum Gasteiger partial charge on any atom is 0.325 e. The van der Waals surface area contributed by atoms with Gasteiger partial charge in [0.2, 0.25) is 0 Å². The molecule has 19 heavy (non-hydrogen) atoms. The summed E-state index contributed by atoms with van der Waals surface area (Å²) in [4.78, 5) is 29.7. The van der Waals surface area contributed by atoms with Gasteiger partial charge in [-0.1, -0.05) is 12.8 Å². The Kier molecular flexibility index (Phi) is 3.00. The number of aryl methyl sites for hydroxylation is 1. The zero-order valence-electron chi connectivity index (χ0n) is 10.8. The number of amides is 3. The first-order valence-corrected chi connectivity index (χ1v) is 6.81. The van der Waals surface area contributed by atoms with Gasteiger partial charge in [-0.3, -0.25) is 10.1 Å². The monoisotopic (exact) mass is 262 g/mol. The molecule has 6 nitrogen and oxygen atoms in total. The molecule has 3 rings (SSSR count). The molecule has 2 fully saturated rings. The average Bonchev–Trinajstić information content (AvgIpc) is 3.09. The van der Waals surface area contributed by atoms with Gasteiger partial charge in [-0.25, -0.2) is 9.78 Å². The Morgan fingerprint density at radius 3 is 2.74 bits per heavy atom. The minimum absolute atomic E-state index is 0.0994. The van der Waals surface area contributed by atoms with Crippen LogP contribution in [-0.2, 0) is 11.3 Å². The van der Waals surface area contributed by atoms with Gasteiger partial charge in [-0.05, 0) is 19.3 Å². The molecule has 0 radical (unpaired) electrons. The van der Waals surface area contributed by atoms with Gasteiger partial charge in [0.05, 0.1) is 6.33 Å². The molecule has 0 unspecified atom stereocenters. The summed E-state index contributed by atoms with van der Waals surface area (Å²) in [5.74, 6) is -0.0994. The van der Waals surface area contributed by atoms with E-state index in [4.69, 9.17) is 0 Å². The molecule has 1 aromatic heterocycles. The van der Waals surface area contributed by atoms with E-state index >= 15 is 0 Å². The topological polar surface area (TPSA) is 67.2 Å². The highest BCUT2D eigenvalue weighted by atomic mass is 16.2. The molecule has 1 aliphatic carbocycles. The van der Waals surface area contributed by atoms with Crippen molar-refractivity contribution in [2.75, 3.05) is 6.54 Å². The number of carbonyl (C=O) groups excluding carboxylic acids is 2. The number of hydrogen-bond donors (Lipinski definition) is 1. The highest BCUT2D eigenvalue weighted by Crippen LogP contribution is 2.38. The van der Waals surface area contributed by atoms with E-state index in [0.717, 1.165) is 38.6 Å². The van der Waals surface area contributed by atoms with Gasteiger partial charge in [-0.15, -0.1) is 0 Å². The Bertz CT molecular complexity index is 477. The Morgan fingerprint density at radius 2 is 2.05 bits per heavy atom. The molecule has 0 bridgehead atoms. The van der Waals surface area contributed by atoms with Gasteiger partial charge < -0.3 is 9.47 Å². The van der Waals surface area contributed by atoms with E-state index in [-0.39, 0.29) is 11.9 Å². The summed E-state index contributed by atoms with van der Waals surface area (Å²) in [5, 5.41) is 2.47. The Hall–Kier alpha value is -1.85. The molecule has 6 heteroatoms. The summed E-state index contributed by atoms with van der Waals surface area (Å²) >= 11 is 0. The number of nitrogens with zero attached hydrogens (tertiary/aromatic N) is 3. The quantitative estimate of drug-likeness (QED) is 0.827. The fourth-order valence-corrected chi connectivity index (χ4v) is 3.20. The number of carbonyl (C=O) groups is 2. The highest BCUT2D eigenvalue weighted by Gasteiger charge is 2.53. The lowest BCUT2D eigenvalue weighted by Gasteiger charge is -2.31. The number of urea groups is 1. The number of imide groups is 1. The molecule has 1 spiro atoms. The molecule has 1 aliphatic heterocycles. The van der Waals surface area contributed by atoms with Gasteiger partial charge >= 0.3 is 6.03 Å². The molecule has 2 heterocycles. The van der Waals surface area contributed by atoms with Crippen molar-refractivity contribution in [2.45, 2.75) is 44.2 Å². The summed E-state index contributed by atoms with van der Waals surface area (Å²) < 4.78 is 1.98. The van der Waals surface area contributed by atoms with Crippen molar-refractivity contribution in [2.24, 2.45) is 0 Å². The average molecular weight is 262 g/mol. The highest BCUT2D eigenvalue weighted by molar-refractivity contribution is 6.07. The molecule has 0 atom stereocenters. The molecular formula is C13H18N4O2. The van der Waals surface area contributed by atoms with Crippen LogP contribution in [0.5, 0.6) is 0 Å². The minimum atomic E-state index is -0.550. The zero-order valence-corrected chi connectivity index (χ0v) is 10.8. The van der Waals surface area contributed by atoms with Crippen LogP contribution in [0.1, 0.15) is 32.1 Å². The second-order valence-corrected chi connectivity index (χ2v) is 5.30. The van der Waals surface area contributed by atoms with Crippen LogP contribution in [-0.4, -0.2) is 38.5 Å². The Balaban J connectivity index is 1.65. The van der Waals surface area contributed by atoms with Crippen LogP contribution in [0.2, 0.25) is 0 Å². The van der Waals surface area contributed by atoms with E-state index < -0.39 is 5.54 Å². The number of rotatable bonds is 4. The molecule has 102 valence electrons. The van der Waals surface area contributed by atoms with Crippen LogP contribution in [0.15, 0.2) is 18.7 Å². The first-order valence-electron chi connectivity index (χ1n) is 6.81. The van der Waals surface area contributed by atoms with Crippen molar-refractivity contribution in [1.29, 1.82) is 0 Å². The van der Waals surface area contributed by atoms with Gasteiger partial charge in [0, 0.05) is 25.5 Å². The lowest BCUT2D eigenvalue weighted by atomic mass is 9.96. The molecule has 1 aromatic rings. The number of imidazole rings is 1. The molecule has 1 saturated heterocycles. The third-order valence-corrected chi connectivity index (χ3v) is 4.19. The van der Waals surface area contributed by atoms with Gasteiger partial charge in [0.1, 0.15) is 5.54 Å². The van der Waals surface area contributed by atoms with Crippen molar-refractivity contribution in [3.8, 4) is 0 Å². The molecule has 1 N–H and O–H groups in total. The Morgan fingerprint density at radius 1 is 1.26 bits per heavy atom. The number of hydrogen-bond acceptors (Lipinski definition) is 3. The number of aromatic nitrogens is 2. The lowest BCUT2D eigenvalue weighted by molar-refractivity contribution is -0.126. The maximum absolute atomic E-state index is 12.0. The zero-order chi connectivity index (χ0) is 13.3. The summed E-state index contributed by atoms with van der Waals surface area (Å²) in [6.45, 7) is 1.43. The van der Waals surface area contributed by atoms with E-state index in [9.17, 15) is 9.59 Å². The predicted octanol–water partition coefficient (Wildman–Crippen LogP) is 1.14. The first-order chi connectivity index (χ1) is 9.22. The SMILES string of the molecule is O=C1NC(=O)C2(CCCC2)N1CCCn1ccnc1. The third-order valence-electron chi connectivity index (χ3n) is 4.19. The maximum atomic E-state index is 12.0. The first kappa shape index (κ1) is 12.2. The fraction of sp³-hybridized carbons (Fsp3) is 0.615. The van der Waals surface area contributed by atoms with E-state index in [0.29, 0.717) is 6.54 Å². The van der Waals surface area contributed by atoms with Gasteiger partial charge in [0.25, 0.3) is 5.91 Å². The largest absolute Gasteiger partial charge is 0.337 e. The van der Waals surface area contributed by atoms with Crippen LogP contribution >= 0.6 is 0 Å². The minimum Gasteiger partial charge on any atom is -0.337 e. The van der Waals surface area contributed by atoms with E-state index in [1.54, 1.807) is 17.4 Å². The van der Waals surface area contributed by atoms with E-state index in [1.165, 1.54) is 0 Å². The van der Waals surface area contributed by atoms with Crippen LogP contribution in [0.3, 0.4) is 0 Å². The van der Waals surface area contributed by atoms with Crippen molar-refractivity contribution in [1.82, 2.24) is 19.8 Å². The second-order valence-electron chi connectivity index (χ2n) is 5.30. The summed E-state index contributed by atoms with van der Waals surface area (Å²) in [5.41, 5.74) is -0.550. The summed E-state index contributed by atoms with van der Waals surface area (Å²) in [6.07, 6.45) is 9.90. The van der Waals surface area contributed by atoms with E-state index in [1.807, 2.05) is 10.8 Å². The van der Waals surface area contributed by atoms with Crippen molar-refractivity contribution in [3.05, 3.63) is 18.7 Å². The van der Waals surface area contributed by atoms with Gasteiger partial charge in [-0.2, -0.15) is 0 Å². The van der Waals surface area contributed by atoms with Gasteiger partial charge in [0.15, 0.2) is 0 Å².